The molecule has 1 heterocycles. The van der Waals surface area contributed by atoms with Crippen LogP contribution in [-0.2, 0) is 18.8 Å². The highest BCUT2D eigenvalue weighted by Gasteiger charge is 2.33. The molecule has 0 radical (unpaired) electrons. The van der Waals surface area contributed by atoms with Crippen LogP contribution in [0.25, 0.3) is 0 Å². The predicted molar refractivity (Wildman–Crippen MR) is 114 cm³/mol. The zero-order chi connectivity index (χ0) is 19.2. The Morgan fingerprint density at radius 2 is 1.32 bits per heavy atom. The largest absolute Gasteiger partial charge is 0.363 e. The first kappa shape index (κ1) is 18.7. The number of rotatable bonds is 6. The number of nitrogens with zero attached hydrogens (tertiary/aromatic N) is 1. The lowest BCUT2D eigenvalue weighted by Gasteiger charge is -2.32. The summed E-state index contributed by atoms with van der Waals surface area (Å²) in [7, 11) is 0. The van der Waals surface area contributed by atoms with Gasteiger partial charge in [-0.2, -0.15) is 0 Å². The van der Waals surface area contributed by atoms with Gasteiger partial charge in [-0.25, -0.2) is 4.39 Å². The summed E-state index contributed by atoms with van der Waals surface area (Å²) in [4.78, 5) is 2.33. The van der Waals surface area contributed by atoms with Gasteiger partial charge in [0.05, 0.1) is 0 Å². The molecular formula is C25H27FN2. The Bertz CT molecular complexity index is 832. The van der Waals surface area contributed by atoms with Crippen molar-refractivity contribution in [3.8, 4) is 0 Å². The highest BCUT2D eigenvalue weighted by Crippen LogP contribution is 2.37. The van der Waals surface area contributed by atoms with Crippen LogP contribution in [0.2, 0.25) is 0 Å². The maximum atomic E-state index is 15.5. The zero-order valence-electron chi connectivity index (χ0n) is 16.2. The lowest BCUT2D eigenvalue weighted by Crippen LogP contribution is -2.36. The van der Waals surface area contributed by atoms with Crippen LogP contribution in [0.15, 0.2) is 84.9 Å². The fourth-order valence-corrected chi connectivity index (χ4v) is 3.94. The number of alkyl halides is 1. The van der Waals surface area contributed by atoms with Gasteiger partial charge in [0.2, 0.25) is 0 Å². The summed E-state index contributed by atoms with van der Waals surface area (Å²) in [6, 6.07) is 29.0. The van der Waals surface area contributed by atoms with Crippen molar-refractivity contribution in [3.05, 3.63) is 102 Å². The topological polar surface area (TPSA) is 15.3 Å². The summed E-state index contributed by atoms with van der Waals surface area (Å²) < 4.78 is 15.5. The molecule has 0 saturated carbocycles. The highest BCUT2D eigenvalue weighted by atomic mass is 19.1. The van der Waals surface area contributed by atoms with Crippen LogP contribution in [0.1, 0.15) is 29.5 Å². The molecule has 2 nitrogen and oxygen atoms in total. The van der Waals surface area contributed by atoms with E-state index in [1.165, 1.54) is 11.1 Å². The van der Waals surface area contributed by atoms with E-state index in [0.29, 0.717) is 12.8 Å². The molecule has 4 rings (SSSR count). The van der Waals surface area contributed by atoms with Gasteiger partial charge in [0.15, 0.2) is 0 Å². The third-order valence-electron chi connectivity index (χ3n) is 5.56. The smallest absolute Gasteiger partial charge is 0.138 e. The van der Waals surface area contributed by atoms with Crippen molar-refractivity contribution in [1.82, 2.24) is 5.32 Å². The number of piperidine rings is 1. The van der Waals surface area contributed by atoms with Crippen molar-refractivity contribution in [2.24, 2.45) is 0 Å². The molecule has 1 fully saturated rings. The van der Waals surface area contributed by atoms with Crippen molar-refractivity contribution in [2.45, 2.75) is 31.6 Å². The summed E-state index contributed by atoms with van der Waals surface area (Å²) >= 11 is 0. The molecule has 0 amide bonds. The maximum Gasteiger partial charge on any atom is 0.138 e. The SMILES string of the molecule is FC1(c2cccc(N(Cc3ccccc3)Cc3ccccc3)c2)CCNCC1. The molecule has 1 N–H and O–H groups in total. The molecule has 0 unspecified atom stereocenters. The Labute approximate surface area is 167 Å². The monoisotopic (exact) mass is 374 g/mol. The van der Waals surface area contributed by atoms with Gasteiger partial charge >= 0.3 is 0 Å². The second-order valence-electron chi connectivity index (χ2n) is 7.59. The van der Waals surface area contributed by atoms with Gasteiger partial charge in [-0.3, -0.25) is 0 Å². The van der Waals surface area contributed by atoms with E-state index in [9.17, 15) is 0 Å². The fourth-order valence-electron chi connectivity index (χ4n) is 3.94. The number of anilines is 1. The van der Waals surface area contributed by atoms with Gasteiger partial charge < -0.3 is 10.2 Å². The summed E-state index contributed by atoms with van der Waals surface area (Å²) in [5, 5.41) is 3.26. The van der Waals surface area contributed by atoms with Crippen LogP contribution in [0.4, 0.5) is 10.1 Å². The second kappa shape index (κ2) is 8.57. The lowest BCUT2D eigenvalue weighted by atomic mass is 9.86. The molecule has 0 aliphatic carbocycles. The van der Waals surface area contributed by atoms with Crippen LogP contribution in [0.5, 0.6) is 0 Å². The molecule has 1 aliphatic rings. The minimum absolute atomic E-state index is 0.536. The number of nitrogens with one attached hydrogen (secondary N) is 1. The first-order valence-corrected chi connectivity index (χ1v) is 10.1. The van der Waals surface area contributed by atoms with Crippen LogP contribution in [0.3, 0.4) is 0 Å². The van der Waals surface area contributed by atoms with Crippen LogP contribution in [0, 0.1) is 0 Å². The van der Waals surface area contributed by atoms with Crippen molar-refractivity contribution in [3.63, 3.8) is 0 Å². The molecular weight excluding hydrogens is 347 g/mol. The predicted octanol–water partition coefficient (Wildman–Crippen LogP) is 5.44. The molecule has 28 heavy (non-hydrogen) atoms. The minimum atomic E-state index is -1.23. The van der Waals surface area contributed by atoms with Crippen LogP contribution in [-0.4, -0.2) is 13.1 Å². The van der Waals surface area contributed by atoms with Gasteiger partial charge in [-0.1, -0.05) is 72.8 Å². The van der Waals surface area contributed by atoms with E-state index in [2.05, 4.69) is 70.9 Å². The van der Waals surface area contributed by atoms with E-state index < -0.39 is 5.67 Å². The number of hydrogen-bond acceptors (Lipinski definition) is 2. The average molecular weight is 375 g/mol. The average Bonchev–Trinajstić information content (AvgIpc) is 2.75. The molecule has 1 aliphatic heterocycles. The fraction of sp³-hybridized carbons (Fsp3) is 0.280. The molecule has 3 aromatic carbocycles. The van der Waals surface area contributed by atoms with E-state index in [-0.39, 0.29) is 0 Å². The second-order valence-corrected chi connectivity index (χ2v) is 7.59. The third-order valence-corrected chi connectivity index (χ3v) is 5.56. The van der Waals surface area contributed by atoms with Gasteiger partial charge in [0, 0.05) is 18.8 Å². The Hall–Kier alpha value is -2.65. The standard InChI is InChI=1S/C25H27FN2/c26-25(14-16-27-17-15-25)23-12-7-13-24(18-23)28(19-21-8-3-1-4-9-21)20-22-10-5-2-6-11-22/h1-13,18,27H,14-17,19-20H2. The van der Waals surface area contributed by atoms with Crippen LogP contribution >= 0.6 is 0 Å². The molecule has 0 spiro atoms. The number of hydrogen-bond donors (Lipinski definition) is 1. The molecule has 0 atom stereocenters. The van der Waals surface area contributed by atoms with Crippen molar-refractivity contribution in [1.29, 1.82) is 0 Å². The van der Waals surface area contributed by atoms with Crippen molar-refractivity contribution >= 4 is 5.69 Å². The molecule has 0 aromatic heterocycles. The molecule has 1 saturated heterocycles. The zero-order valence-corrected chi connectivity index (χ0v) is 16.2. The molecule has 0 bridgehead atoms. The molecule has 144 valence electrons. The summed E-state index contributed by atoms with van der Waals surface area (Å²) in [6.45, 7) is 3.05. The van der Waals surface area contributed by atoms with Gasteiger partial charge in [-0.15, -0.1) is 0 Å². The lowest BCUT2D eigenvalue weighted by molar-refractivity contribution is 0.115. The van der Waals surface area contributed by atoms with E-state index in [1.807, 2.05) is 24.3 Å². The summed E-state index contributed by atoms with van der Waals surface area (Å²) in [6.07, 6.45) is 1.07. The Kier molecular flexibility index (Phi) is 5.73. The molecule has 3 aromatic rings. The first-order chi connectivity index (χ1) is 13.7. The minimum Gasteiger partial charge on any atom is -0.363 e. The van der Waals surface area contributed by atoms with E-state index in [4.69, 9.17) is 0 Å². The Morgan fingerprint density at radius 3 is 1.89 bits per heavy atom. The normalized spacial score (nSPS) is 15.9. The molecule has 3 heteroatoms. The third kappa shape index (κ3) is 4.42. The summed E-state index contributed by atoms with van der Waals surface area (Å²) in [5.41, 5.74) is 3.14. The first-order valence-electron chi connectivity index (χ1n) is 10.1. The van der Waals surface area contributed by atoms with E-state index in [1.54, 1.807) is 0 Å². The van der Waals surface area contributed by atoms with Gasteiger partial charge in [0.1, 0.15) is 5.67 Å². The Morgan fingerprint density at radius 1 is 0.750 bits per heavy atom. The van der Waals surface area contributed by atoms with Gasteiger partial charge in [0.25, 0.3) is 0 Å². The van der Waals surface area contributed by atoms with Crippen molar-refractivity contribution in [2.75, 3.05) is 18.0 Å². The van der Waals surface area contributed by atoms with Crippen molar-refractivity contribution < 1.29 is 4.39 Å². The van der Waals surface area contributed by atoms with Crippen LogP contribution < -0.4 is 10.2 Å². The maximum absolute atomic E-state index is 15.5. The number of halogens is 1. The van der Waals surface area contributed by atoms with Gasteiger partial charge in [-0.05, 0) is 54.8 Å². The quantitative estimate of drug-likeness (QED) is 0.618. The Balaban J connectivity index is 1.64. The highest BCUT2D eigenvalue weighted by molar-refractivity contribution is 5.51. The summed E-state index contributed by atoms with van der Waals surface area (Å²) in [5.74, 6) is 0. The van der Waals surface area contributed by atoms with E-state index in [0.717, 1.165) is 37.4 Å². The number of benzene rings is 3. The van der Waals surface area contributed by atoms with E-state index >= 15 is 4.39 Å².